The minimum Gasteiger partial charge on any atom is -0.274 e. The lowest BCUT2D eigenvalue weighted by atomic mass is 10.2. The summed E-state index contributed by atoms with van der Waals surface area (Å²) in [5, 5.41) is 5.44. The zero-order valence-corrected chi connectivity index (χ0v) is 8.85. The first-order valence-electron chi connectivity index (χ1n) is 3.98. The largest absolute Gasteiger partial charge is 0.274 e. The summed E-state index contributed by atoms with van der Waals surface area (Å²) in [5.74, 6) is 0.751. The summed E-state index contributed by atoms with van der Waals surface area (Å²) in [6.45, 7) is 5.90. The van der Waals surface area contributed by atoms with E-state index in [9.17, 15) is 0 Å². The Morgan fingerprint density at radius 3 is 2.31 bits per heavy atom. The van der Waals surface area contributed by atoms with Crippen molar-refractivity contribution in [1.29, 1.82) is 0 Å². The molecule has 0 aliphatic carbocycles. The van der Waals surface area contributed by atoms with Crippen molar-refractivity contribution in [2.75, 3.05) is 0 Å². The molecule has 3 nitrogen and oxygen atoms in total. The van der Waals surface area contributed by atoms with E-state index in [0.29, 0.717) is 0 Å². The quantitative estimate of drug-likeness (QED) is 0.735. The smallest absolute Gasteiger partial charge is 0.155 e. The minimum absolute atomic E-state index is 0.751. The lowest BCUT2D eigenvalue weighted by Crippen LogP contribution is -1.94. The molecule has 13 heavy (non-hydrogen) atoms. The average Bonchev–Trinajstić information content (AvgIpc) is 2.17. The molecule has 0 spiro atoms. The van der Waals surface area contributed by atoms with E-state index in [1.54, 1.807) is 12.4 Å². The van der Waals surface area contributed by atoms with Crippen LogP contribution in [0.3, 0.4) is 0 Å². The highest BCUT2D eigenvalue weighted by atomic mass is 32.2. The Bertz CT molecular complexity index is 316. The summed E-state index contributed by atoms with van der Waals surface area (Å²) in [5.41, 5.74) is 2.10. The zero-order chi connectivity index (χ0) is 9.84. The van der Waals surface area contributed by atoms with Crippen molar-refractivity contribution in [3.8, 4) is 0 Å². The first-order chi connectivity index (χ1) is 6.15. The predicted octanol–water partition coefficient (Wildman–Crippen LogP) is 2.14. The highest BCUT2D eigenvalue weighted by Gasteiger charge is 2.02. The van der Waals surface area contributed by atoms with Crippen molar-refractivity contribution in [3.63, 3.8) is 0 Å². The summed E-state index contributed by atoms with van der Waals surface area (Å²) in [7, 11) is 0. The molecule has 1 aromatic rings. The number of hydrogen-bond donors (Lipinski definition) is 1. The van der Waals surface area contributed by atoms with Gasteiger partial charge in [0.15, 0.2) is 5.82 Å². The molecule has 4 heteroatoms. The van der Waals surface area contributed by atoms with E-state index in [1.165, 1.54) is 11.9 Å². The number of rotatable bonds is 2. The fourth-order valence-corrected chi connectivity index (χ4v) is 1.10. The Balaban J connectivity index is 3.02. The van der Waals surface area contributed by atoms with E-state index in [4.69, 9.17) is 5.14 Å². The Morgan fingerprint density at radius 1 is 1.31 bits per heavy atom. The van der Waals surface area contributed by atoms with Gasteiger partial charge in [0.25, 0.3) is 0 Å². The Kier molecular flexibility index (Phi) is 3.45. The summed E-state index contributed by atoms with van der Waals surface area (Å²) in [6, 6.07) is 0. The SMILES string of the molecule is C/C(SN)=C(/C)c1ncc(C)cn1. The molecular formula is C9H13N3S. The lowest BCUT2D eigenvalue weighted by Gasteiger charge is -2.03. The average molecular weight is 195 g/mol. The number of nitrogens with zero attached hydrogens (tertiary/aromatic N) is 2. The van der Waals surface area contributed by atoms with E-state index >= 15 is 0 Å². The van der Waals surface area contributed by atoms with Crippen LogP contribution >= 0.6 is 11.9 Å². The van der Waals surface area contributed by atoms with Crippen LogP contribution in [-0.4, -0.2) is 9.97 Å². The van der Waals surface area contributed by atoms with Gasteiger partial charge in [-0.15, -0.1) is 0 Å². The second-order valence-electron chi connectivity index (χ2n) is 2.88. The second-order valence-corrected chi connectivity index (χ2v) is 3.73. The second kappa shape index (κ2) is 4.39. The summed E-state index contributed by atoms with van der Waals surface area (Å²) in [6.07, 6.45) is 3.61. The van der Waals surface area contributed by atoms with Gasteiger partial charge in [-0.1, -0.05) is 11.9 Å². The molecule has 1 rings (SSSR count). The van der Waals surface area contributed by atoms with Crippen LogP contribution in [0.2, 0.25) is 0 Å². The summed E-state index contributed by atoms with van der Waals surface area (Å²) in [4.78, 5) is 9.46. The first-order valence-corrected chi connectivity index (χ1v) is 4.86. The Morgan fingerprint density at radius 2 is 1.85 bits per heavy atom. The number of aromatic nitrogens is 2. The number of allylic oxidation sites excluding steroid dienone is 2. The molecule has 0 unspecified atom stereocenters. The van der Waals surface area contributed by atoms with Crippen LogP contribution in [0.15, 0.2) is 17.3 Å². The Labute approximate surface area is 82.6 Å². The van der Waals surface area contributed by atoms with Crippen molar-refractivity contribution in [1.82, 2.24) is 9.97 Å². The van der Waals surface area contributed by atoms with Crippen LogP contribution in [-0.2, 0) is 0 Å². The van der Waals surface area contributed by atoms with E-state index in [1.807, 2.05) is 20.8 Å². The van der Waals surface area contributed by atoms with E-state index in [0.717, 1.165) is 21.9 Å². The van der Waals surface area contributed by atoms with Gasteiger partial charge in [-0.3, -0.25) is 5.14 Å². The van der Waals surface area contributed by atoms with Crippen LogP contribution < -0.4 is 5.14 Å². The molecule has 0 radical (unpaired) electrons. The van der Waals surface area contributed by atoms with Crippen molar-refractivity contribution < 1.29 is 0 Å². The van der Waals surface area contributed by atoms with Crippen LogP contribution in [0.1, 0.15) is 25.2 Å². The van der Waals surface area contributed by atoms with Gasteiger partial charge < -0.3 is 0 Å². The molecule has 0 aliphatic heterocycles. The molecule has 0 saturated heterocycles. The van der Waals surface area contributed by atoms with Crippen molar-refractivity contribution in [2.24, 2.45) is 5.14 Å². The molecule has 0 fully saturated rings. The van der Waals surface area contributed by atoms with E-state index in [-0.39, 0.29) is 0 Å². The molecule has 0 bridgehead atoms. The summed E-state index contributed by atoms with van der Waals surface area (Å²) < 4.78 is 0. The molecular weight excluding hydrogens is 182 g/mol. The topological polar surface area (TPSA) is 51.8 Å². The van der Waals surface area contributed by atoms with Gasteiger partial charge in [0.05, 0.1) is 0 Å². The molecule has 2 N–H and O–H groups in total. The molecule has 0 amide bonds. The highest BCUT2D eigenvalue weighted by molar-refractivity contribution is 8.01. The monoisotopic (exact) mass is 195 g/mol. The molecule has 0 aliphatic rings. The maximum absolute atomic E-state index is 5.44. The van der Waals surface area contributed by atoms with Crippen LogP contribution in [0.5, 0.6) is 0 Å². The zero-order valence-electron chi connectivity index (χ0n) is 8.03. The fourth-order valence-electron chi connectivity index (χ4n) is 0.832. The minimum atomic E-state index is 0.751. The number of nitrogens with two attached hydrogens (primary N) is 1. The predicted molar refractivity (Wildman–Crippen MR) is 56.8 cm³/mol. The molecule has 0 atom stereocenters. The van der Waals surface area contributed by atoms with Gasteiger partial charge >= 0.3 is 0 Å². The maximum Gasteiger partial charge on any atom is 0.155 e. The molecule has 0 saturated carbocycles. The van der Waals surface area contributed by atoms with Gasteiger partial charge in [0.1, 0.15) is 0 Å². The van der Waals surface area contributed by atoms with Gasteiger partial charge in [-0.25, -0.2) is 9.97 Å². The lowest BCUT2D eigenvalue weighted by molar-refractivity contribution is 1.08. The third-order valence-electron chi connectivity index (χ3n) is 1.82. The highest BCUT2D eigenvalue weighted by Crippen LogP contribution is 2.19. The van der Waals surface area contributed by atoms with Crippen molar-refractivity contribution in [3.05, 3.63) is 28.7 Å². The van der Waals surface area contributed by atoms with Crippen LogP contribution in [0.4, 0.5) is 0 Å². The van der Waals surface area contributed by atoms with Crippen LogP contribution in [0.25, 0.3) is 5.57 Å². The van der Waals surface area contributed by atoms with Gasteiger partial charge in [-0.2, -0.15) is 0 Å². The maximum atomic E-state index is 5.44. The van der Waals surface area contributed by atoms with Gasteiger partial charge in [0.2, 0.25) is 0 Å². The molecule has 70 valence electrons. The molecule has 1 heterocycles. The van der Waals surface area contributed by atoms with E-state index < -0.39 is 0 Å². The number of hydrogen-bond acceptors (Lipinski definition) is 4. The first kappa shape index (κ1) is 10.2. The van der Waals surface area contributed by atoms with Crippen LogP contribution in [0, 0.1) is 6.92 Å². The standard InChI is InChI=1S/C9H13N3S/c1-6-4-11-9(12-5-6)7(2)8(3)13-10/h4-5H,10H2,1-3H3/b8-7+. The van der Waals surface area contributed by atoms with E-state index in [2.05, 4.69) is 9.97 Å². The van der Waals surface area contributed by atoms with Crippen molar-refractivity contribution >= 4 is 17.5 Å². The number of aryl methyl sites for hydroxylation is 1. The normalized spacial score (nSPS) is 12.6. The van der Waals surface area contributed by atoms with Gasteiger partial charge in [-0.05, 0) is 26.3 Å². The van der Waals surface area contributed by atoms with Crippen molar-refractivity contribution in [2.45, 2.75) is 20.8 Å². The third kappa shape index (κ3) is 2.54. The Hall–Kier alpha value is -0.870. The fraction of sp³-hybridized carbons (Fsp3) is 0.333. The molecule has 1 aromatic heterocycles. The molecule has 0 aromatic carbocycles. The van der Waals surface area contributed by atoms with Gasteiger partial charge in [0, 0.05) is 22.9 Å². The summed E-state index contributed by atoms with van der Waals surface area (Å²) >= 11 is 1.23. The third-order valence-corrected chi connectivity index (χ3v) is 2.48.